The summed E-state index contributed by atoms with van der Waals surface area (Å²) in [6.07, 6.45) is 0. The zero-order valence-electron chi connectivity index (χ0n) is 15.2. The molecule has 4 rings (SSSR count). The Labute approximate surface area is 164 Å². The third-order valence-corrected chi connectivity index (χ3v) is 5.55. The molecule has 0 aliphatic rings. The first-order valence-electron chi connectivity index (χ1n) is 8.51. The third kappa shape index (κ3) is 2.68. The van der Waals surface area contributed by atoms with Gasteiger partial charge in [-0.1, -0.05) is 40.2 Å². The van der Waals surface area contributed by atoms with Crippen molar-refractivity contribution in [1.29, 1.82) is 0 Å². The summed E-state index contributed by atoms with van der Waals surface area (Å²) in [6.45, 7) is 0. The van der Waals surface area contributed by atoms with Crippen LogP contribution in [0.3, 0.4) is 0 Å². The Morgan fingerprint density at radius 2 is 1.59 bits per heavy atom. The highest BCUT2D eigenvalue weighted by Crippen LogP contribution is 2.27. The van der Waals surface area contributed by atoms with Crippen molar-refractivity contribution in [3.63, 3.8) is 0 Å². The van der Waals surface area contributed by atoms with E-state index in [2.05, 4.69) is 15.9 Å². The molecule has 0 saturated heterocycles. The SMILES string of the molecule is CN(C)c1ccc2c(c1)c(=O)n(-c1cccc3c(Br)cccc13)c(=O)n2C. The Bertz CT molecular complexity index is 1320. The normalized spacial score (nSPS) is 11.3. The number of hydrogen-bond donors (Lipinski definition) is 0. The summed E-state index contributed by atoms with van der Waals surface area (Å²) in [4.78, 5) is 28.3. The van der Waals surface area contributed by atoms with Gasteiger partial charge in [0.15, 0.2) is 0 Å². The number of aromatic nitrogens is 2. The maximum atomic E-state index is 13.3. The van der Waals surface area contributed by atoms with Crippen molar-refractivity contribution in [3.8, 4) is 5.69 Å². The van der Waals surface area contributed by atoms with Crippen LogP contribution in [0, 0.1) is 0 Å². The quantitative estimate of drug-likeness (QED) is 0.494. The molecule has 0 amide bonds. The van der Waals surface area contributed by atoms with E-state index in [-0.39, 0.29) is 11.2 Å². The molecule has 0 unspecified atom stereocenters. The molecule has 0 fully saturated rings. The van der Waals surface area contributed by atoms with Gasteiger partial charge in [0.2, 0.25) is 0 Å². The second-order valence-corrected chi connectivity index (χ2v) is 7.54. The van der Waals surface area contributed by atoms with Crippen LogP contribution in [-0.2, 0) is 7.05 Å². The number of hydrogen-bond acceptors (Lipinski definition) is 3. The van der Waals surface area contributed by atoms with Crippen LogP contribution in [0.2, 0.25) is 0 Å². The van der Waals surface area contributed by atoms with E-state index in [0.717, 1.165) is 20.9 Å². The van der Waals surface area contributed by atoms with Gasteiger partial charge in [-0.25, -0.2) is 9.36 Å². The molecule has 0 aliphatic carbocycles. The highest BCUT2D eigenvalue weighted by molar-refractivity contribution is 9.10. The van der Waals surface area contributed by atoms with Crippen LogP contribution >= 0.6 is 15.9 Å². The summed E-state index contributed by atoms with van der Waals surface area (Å²) in [7, 11) is 5.53. The number of halogens is 1. The van der Waals surface area contributed by atoms with Crippen molar-refractivity contribution in [3.05, 3.63) is 79.9 Å². The zero-order valence-corrected chi connectivity index (χ0v) is 16.8. The number of benzene rings is 3. The highest BCUT2D eigenvalue weighted by Gasteiger charge is 2.15. The molecule has 0 atom stereocenters. The van der Waals surface area contributed by atoms with Crippen LogP contribution in [0.15, 0.2) is 68.7 Å². The molecule has 5 nitrogen and oxygen atoms in total. The summed E-state index contributed by atoms with van der Waals surface area (Å²) < 4.78 is 3.70. The highest BCUT2D eigenvalue weighted by atomic mass is 79.9. The van der Waals surface area contributed by atoms with E-state index in [1.165, 1.54) is 9.13 Å². The molecule has 0 radical (unpaired) electrons. The lowest BCUT2D eigenvalue weighted by atomic mass is 10.1. The molecule has 1 heterocycles. The van der Waals surface area contributed by atoms with Crippen molar-refractivity contribution in [2.75, 3.05) is 19.0 Å². The first-order chi connectivity index (χ1) is 12.9. The lowest BCUT2D eigenvalue weighted by Gasteiger charge is -2.16. The van der Waals surface area contributed by atoms with Gasteiger partial charge >= 0.3 is 5.69 Å². The summed E-state index contributed by atoms with van der Waals surface area (Å²) in [5, 5.41) is 2.30. The largest absolute Gasteiger partial charge is 0.378 e. The topological polar surface area (TPSA) is 47.2 Å². The van der Waals surface area contributed by atoms with Gasteiger partial charge in [0.1, 0.15) is 0 Å². The monoisotopic (exact) mass is 423 g/mol. The second kappa shape index (κ2) is 6.39. The zero-order chi connectivity index (χ0) is 19.3. The standard InChI is InChI=1S/C21H18BrN3O2/c1-23(2)13-10-11-18-16(12-13)20(26)25(21(27)24(18)3)19-9-5-6-14-15(19)7-4-8-17(14)22/h4-12H,1-3H3. The minimum absolute atomic E-state index is 0.315. The van der Waals surface area contributed by atoms with Gasteiger partial charge in [-0.05, 0) is 35.7 Å². The molecule has 3 aromatic carbocycles. The van der Waals surface area contributed by atoms with Gasteiger partial charge in [-0.3, -0.25) is 9.36 Å². The molecule has 136 valence electrons. The Hall–Kier alpha value is -2.86. The molecule has 0 bridgehead atoms. The van der Waals surface area contributed by atoms with Crippen molar-refractivity contribution in [2.24, 2.45) is 7.05 Å². The van der Waals surface area contributed by atoms with E-state index in [1.54, 1.807) is 13.1 Å². The van der Waals surface area contributed by atoms with Crippen molar-refractivity contribution >= 4 is 43.3 Å². The Balaban J connectivity index is 2.17. The fourth-order valence-corrected chi connectivity index (χ4v) is 3.89. The van der Waals surface area contributed by atoms with E-state index < -0.39 is 0 Å². The number of rotatable bonds is 2. The molecule has 0 N–H and O–H groups in total. The second-order valence-electron chi connectivity index (χ2n) is 6.69. The minimum Gasteiger partial charge on any atom is -0.378 e. The average molecular weight is 424 g/mol. The van der Waals surface area contributed by atoms with Gasteiger partial charge in [-0.15, -0.1) is 0 Å². The number of anilines is 1. The molecule has 0 aliphatic heterocycles. The molecular formula is C21H18BrN3O2. The maximum Gasteiger partial charge on any atom is 0.335 e. The first kappa shape index (κ1) is 17.5. The van der Waals surface area contributed by atoms with E-state index in [4.69, 9.17) is 0 Å². The molecule has 1 aromatic heterocycles. The average Bonchev–Trinajstić information content (AvgIpc) is 2.66. The summed E-state index contributed by atoms with van der Waals surface area (Å²) in [6, 6.07) is 16.9. The molecule has 4 aromatic rings. The number of nitrogens with zero attached hydrogens (tertiary/aromatic N) is 3. The Morgan fingerprint density at radius 1 is 0.889 bits per heavy atom. The van der Waals surface area contributed by atoms with Crippen LogP contribution in [0.5, 0.6) is 0 Å². The third-order valence-electron chi connectivity index (χ3n) is 4.86. The molecular weight excluding hydrogens is 406 g/mol. The Kier molecular flexibility index (Phi) is 4.15. The Morgan fingerprint density at radius 3 is 2.33 bits per heavy atom. The van der Waals surface area contributed by atoms with Crippen LogP contribution in [-0.4, -0.2) is 23.2 Å². The molecule has 6 heteroatoms. The predicted octanol–water partition coefficient (Wildman–Crippen LogP) is 3.67. The summed E-state index contributed by atoms with van der Waals surface area (Å²) in [5.41, 5.74) is 1.43. The van der Waals surface area contributed by atoms with Crippen LogP contribution in [0.4, 0.5) is 5.69 Å². The van der Waals surface area contributed by atoms with Crippen molar-refractivity contribution in [2.45, 2.75) is 0 Å². The van der Waals surface area contributed by atoms with Crippen LogP contribution < -0.4 is 16.1 Å². The lowest BCUT2D eigenvalue weighted by molar-refractivity contribution is 0.776. The maximum absolute atomic E-state index is 13.3. The minimum atomic E-state index is -0.363. The molecule has 0 spiro atoms. The van der Waals surface area contributed by atoms with Crippen LogP contribution in [0.1, 0.15) is 0 Å². The fourth-order valence-electron chi connectivity index (χ4n) is 3.39. The van der Waals surface area contributed by atoms with Crippen molar-refractivity contribution in [1.82, 2.24) is 9.13 Å². The van der Waals surface area contributed by atoms with Gasteiger partial charge < -0.3 is 4.90 Å². The van der Waals surface area contributed by atoms with Gasteiger partial charge in [0.25, 0.3) is 5.56 Å². The van der Waals surface area contributed by atoms with Gasteiger partial charge in [0, 0.05) is 36.7 Å². The van der Waals surface area contributed by atoms with Gasteiger partial charge in [-0.2, -0.15) is 0 Å². The first-order valence-corrected chi connectivity index (χ1v) is 9.30. The van der Waals surface area contributed by atoms with Crippen molar-refractivity contribution < 1.29 is 0 Å². The molecule has 27 heavy (non-hydrogen) atoms. The molecule has 0 saturated carbocycles. The number of aryl methyl sites for hydroxylation is 1. The van der Waals surface area contributed by atoms with E-state index >= 15 is 0 Å². The van der Waals surface area contributed by atoms with Gasteiger partial charge in [0.05, 0.1) is 16.6 Å². The smallest absolute Gasteiger partial charge is 0.335 e. The van der Waals surface area contributed by atoms with Crippen LogP contribution in [0.25, 0.3) is 27.4 Å². The number of fused-ring (bicyclic) bond motifs is 2. The van der Waals surface area contributed by atoms with E-state index in [1.807, 2.05) is 67.5 Å². The lowest BCUT2D eigenvalue weighted by Crippen LogP contribution is -2.38. The van der Waals surface area contributed by atoms with E-state index in [0.29, 0.717) is 16.6 Å². The van der Waals surface area contributed by atoms with E-state index in [9.17, 15) is 9.59 Å². The summed E-state index contributed by atoms with van der Waals surface area (Å²) in [5.74, 6) is 0. The predicted molar refractivity (Wildman–Crippen MR) is 114 cm³/mol. The summed E-state index contributed by atoms with van der Waals surface area (Å²) >= 11 is 3.54. The fraction of sp³-hybridized carbons (Fsp3) is 0.143.